The predicted molar refractivity (Wildman–Crippen MR) is 78.7 cm³/mol. The number of aromatic nitrogens is 1. The Kier molecular flexibility index (Phi) is 5.20. The lowest BCUT2D eigenvalue weighted by Gasteiger charge is -2.12. The number of halogens is 2. The second-order valence-electron chi connectivity index (χ2n) is 4.49. The number of hydrogen-bond donors (Lipinski definition) is 1. The van der Waals surface area contributed by atoms with Crippen LogP contribution in [0.15, 0.2) is 42.7 Å². The van der Waals surface area contributed by atoms with Crippen molar-refractivity contribution in [3.05, 3.63) is 63.9 Å². The van der Waals surface area contributed by atoms with Crippen LogP contribution in [0.4, 0.5) is 0 Å². The first-order valence-corrected chi connectivity index (χ1v) is 6.91. The Morgan fingerprint density at radius 2 is 2.05 bits per heavy atom. The Morgan fingerprint density at radius 1 is 1.21 bits per heavy atom. The molecule has 4 heteroatoms. The molecule has 1 N–H and O–H groups in total. The summed E-state index contributed by atoms with van der Waals surface area (Å²) in [6.45, 7) is 0. The van der Waals surface area contributed by atoms with Gasteiger partial charge in [0, 0.05) is 22.4 Å². The molecule has 0 aliphatic rings. The molecular formula is C15H15Cl2NO. The highest BCUT2D eigenvalue weighted by Crippen LogP contribution is 2.22. The third kappa shape index (κ3) is 4.50. The minimum Gasteiger partial charge on any atom is -0.393 e. The third-order valence-electron chi connectivity index (χ3n) is 2.95. The fraction of sp³-hybridized carbons (Fsp3) is 0.267. The van der Waals surface area contributed by atoms with E-state index in [2.05, 4.69) is 4.98 Å². The molecule has 1 unspecified atom stereocenters. The van der Waals surface area contributed by atoms with Gasteiger partial charge in [-0.05, 0) is 54.7 Å². The largest absolute Gasteiger partial charge is 0.393 e. The topological polar surface area (TPSA) is 33.1 Å². The maximum Gasteiger partial charge on any atom is 0.0584 e. The van der Waals surface area contributed by atoms with Crippen LogP contribution in [0.25, 0.3) is 0 Å². The first kappa shape index (κ1) is 14.3. The van der Waals surface area contributed by atoms with Crippen LogP contribution in [-0.4, -0.2) is 16.2 Å². The molecule has 2 rings (SSSR count). The number of aliphatic hydroxyl groups is 1. The summed E-state index contributed by atoms with van der Waals surface area (Å²) >= 11 is 12.0. The van der Waals surface area contributed by atoms with E-state index in [1.807, 2.05) is 18.3 Å². The highest BCUT2D eigenvalue weighted by molar-refractivity contribution is 6.33. The van der Waals surface area contributed by atoms with Crippen molar-refractivity contribution in [2.75, 3.05) is 0 Å². The molecule has 0 aliphatic heterocycles. The van der Waals surface area contributed by atoms with Crippen LogP contribution in [0.5, 0.6) is 0 Å². The van der Waals surface area contributed by atoms with Gasteiger partial charge in [-0.1, -0.05) is 29.3 Å². The smallest absolute Gasteiger partial charge is 0.0584 e. The van der Waals surface area contributed by atoms with Crippen molar-refractivity contribution in [3.8, 4) is 0 Å². The first-order valence-electron chi connectivity index (χ1n) is 6.16. The van der Waals surface area contributed by atoms with Gasteiger partial charge in [-0.25, -0.2) is 0 Å². The quantitative estimate of drug-likeness (QED) is 0.907. The standard InChI is InChI=1S/C15H15Cl2NO/c16-13-4-6-15(17)12(8-13)9-14(19)5-3-11-2-1-7-18-10-11/h1-2,4,6-8,10,14,19H,3,5,9H2. The average Bonchev–Trinajstić information content (AvgIpc) is 2.42. The van der Waals surface area contributed by atoms with Crippen molar-refractivity contribution in [1.82, 2.24) is 4.98 Å². The lowest BCUT2D eigenvalue weighted by Crippen LogP contribution is -2.12. The molecule has 0 fully saturated rings. The molecule has 0 amide bonds. The van der Waals surface area contributed by atoms with Gasteiger partial charge < -0.3 is 5.11 Å². The summed E-state index contributed by atoms with van der Waals surface area (Å²) < 4.78 is 0. The van der Waals surface area contributed by atoms with Crippen molar-refractivity contribution in [3.63, 3.8) is 0 Å². The second-order valence-corrected chi connectivity index (χ2v) is 5.34. The van der Waals surface area contributed by atoms with E-state index in [0.29, 0.717) is 22.9 Å². The summed E-state index contributed by atoms with van der Waals surface area (Å²) in [5.41, 5.74) is 2.01. The molecule has 0 radical (unpaired) electrons. The van der Waals surface area contributed by atoms with E-state index in [0.717, 1.165) is 17.5 Å². The Bertz CT molecular complexity index is 531. The van der Waals surface area contributed by atoms with Crippen LogP contribution in [0.3, 0.4) is 0 Å². The van der Waals surface area contributed by atoms with Crippen molar-refractivity contribution in [2.45, 2.75) is 25.4 Å². The number of pyridine rings is 1. The highest BCUT2D eigenvalue weighted by atomic mass is 35.5. The van der Waals surface area contributed by atoms with Crippen molar-refractivity contribution in [2.24, 2.45) is 0 Å². The van der Waals surface area contributed by atoms with E-state index >= 15 is 0 Å². The zero-order chi connectivity index (χ0) is 13.7. The van der Waals surface area contributed by atoms with E-state index in [1.54, 1.807) is 24.4 Å². The molecule has 0 bridgehead atoms. The summed E-state index contributed by atoms with van der Waals surface area (Å²) in [6, 6.07) is 9.21. The summed E-state index contributed by atoms with van der Waals surface area (Å²) in [5, 5.41) is 11.3. The fourth-order valence-electron chi connectivity index (χ4n) is 1.93. The zero-order valence-corrected chi connectivity index (χ0v) is 11.9. The van der Waals surface area contributed by atoms with Crippen LogP contribution >= 0.6 is 23.2 Å². The van der Waals surface area contributed by atoms with Gasteiger partial charge in [0.1, 0.15) is 0 Å². The zero-order valence-electron chi connectivity index (χ0n) is 10.4. The van der Waals surface area contributed by atoms with E-state index in [-0.39, 0.29) is 0 Å². The molecule has 1 atom stereocenters. The summed E-state index contributed by atoms with van der Waals surface area (Å²) in [4.78, 5) is 4.05. The Balaban J connectivity index is 1.90. The molecule has 1 aromatic carbocycles. The van der Waals surface area contributed by atoms with E-state index in [4.69, 9.17) is 23.2 Å². The average molecular weight is 296 g/mol. The molecule has 100 valence electrons. The number of benzene rings is 1. The minimum atomic E-state index is -0.434. The lowest BCUT2D eigenvalue weighted by molar-refractivity contribution is 0.165. The number of aliphatic hydroxyl groups excluding tert-OH is 1. The monoisotopic (exact) mass is 295 g/mol. The number of nitrogens with zero attached hydrogens (tertiary/aromatic N) is 1. The molecule has 2 nitrogen and oxygen atoms in total. The molecule has 0 saturated carbocycles. The van der Waals surface area contributed by atoms with E-state index in [1.165, 1.54) is 0 Å². The van der Waals surface area contributed by atoms with E-state index < -0.39 is 6.10 Å². The fourth-order valence-corrected chi connectivity index (χ4v) is 2.32. The Morgan fingerprint density at radius 3 is 2.79 bits per heavy atom. The third-order valence-corrected chi connectivity index (χ3v) is 3.56. The maximum absolute atomic E-state index is 10.1. The van der Waals surface area contributed by atoms with Gasteiger partial charge >= 0.3 is 0 Å². The predicted octanol–water partition coefficient (Wildman–Crippen LogP) is 3.92. The number of rotatable bonds is 5. The molecule has 2 aromatic rings. The molecule has 0 saturated heterocycles. The van der Waals surface area contributed by atoms with Gasteiger partial charge in [-0.3, -0.25) is 4.98 Å². The van der Waals surface area contributed by atoms with Crippen LogP contribution in [0, 0.1) is 0 Å². The maximum atomic E-state index is 10.1. The van der Waals surface area contributed by atoms with Crippen LogP contribution in [0.1, 0.15) is 17.5 Å². The van der Waals surface area contributed by atoms with Gasteiger partial charge in [0.05, 0.1) is 6.10 Å². The second kappa shape index (κ2) is 6.90. The van der Waals surface area contributed by atoms with Crippen LogP contribution in [0.2, 0.25) is 10.0 Å². The van der Waals surface area contributed by atoms with Crippen molar-refractivity contribution < 1.29 is 5.11 Å². The summed E-state index contributed by atoms with van der Waals surface area (Å²) in [6.07, 6.45) is 5.11. The minimum absolute atomic E-state index is 0.434. The molecule has 1 aromatic heterocycles. The van der Waals surface area contributed by atoms with Gasteiger partial charge in [0.15, 0.2) is 0 Å². The van der Waals surface area contributed by atoms with Gasteiger partial charge in [0.25, 0.3) is 0 Å². The van der Waals surface area contributed by atoms with Crippen LogP contribution in [-0.2, 0) is 12.8 Å². The van der Waals surface area contributed by atoms with Crippen molar-refractivity contribution >= 4 is 23.2 Å². The summed E-state index contributed by atoms with van der Waals surface area (Å²) in [7, 11) is 0. The normalized spacial score (nSPS) is 12.4. The highest BCUT2D eigenvalue weighted by Gasteiger charge is 2.09. The van der Waals surface area contributed by atoms with Gasteiger partial charge in [0.2, 0.25) is 0 Å². The number of aryl methyl sites for hydroxylation is 1. The van der Waals surface area contributed by atoms with Gasteiger partial charge in [-0.15, -0.1) is 0 Å². The summed E-state index contributed by atoms with van der Waals surface area (Å²) in [5.74, 6) is 0. The lowest BCUT2D eigenvalue weighted by atomic mass is 10.0. The SMILES string of the molecule is OC(CCc1cccnc1)Cc1cc(Cl)ccc1Cl. The van der Waals surface area contributed by atoms with E-state index in [9.17, 15) is 5.11 Å². The molecule has 19 heavy (non-hydrogen) atoms. The molecular weight excluding hydrogens is 281 g/mol. The van der Waals surface area contributed by atoms with Crippen LogP contribution < -0.4 is 0 Å². The Labute approximate surface area is 123 Å². The first-order chi connectivity index (χ1) is 9.15. The van der Waals surface area contributed by atoms with Gasteiger partial charge in [-0.2, -0.15) is 0 Å². The Hall–Kier alpha value is -1.09. The molecule has 1 heterocycles. The molecule has 0 aliphatic carbocycles. The molecule has 0 spiro atoms. The van der Waals surface area contributed by atoms with Crippen molar-refractivity contribution in [1.29, 1.82) is 0 Å². The number of hydrogen-bond acceptors (Lipinski definition) is 2.